The van der Waals surface area contributed by atoms with Crippen LogP contribution in [0.5, 0.6) is 0 Å². The first-order valence-corrected chi connectivity index (χ1v) is 9.64. The molecule has 1 fully saturated rings. The van der Waals surface area contributed by atoms with E-state index in [4.69, 9.17) is 4.42 Å². The molecule has 0 amide bonds. The lowest BCUT2D eigenvalue weighted by atomic mass is 9.88. The first-order valence-electron chi connectivity index (χ1n) is 8.20. The van der Waals surface area contributed by atoms with Crippen LogP contribution in [-0.2, 0) is 10.0 Å². The summed E-state index contributed by atoms with van der Waals surface area (Å²) in [5.41, 5.74) is 0.889. The Hall–Kier alpha value is -1.63. The van der Waals surface area contributed by atoms with Gasteiger partial charge in [0.25, 0.3) is 0 Å². The van der Waals surface area contributed by atoms with Crippen molar-refractivity contribution in [3.63, 3.8) is 0 Å². The average Bonchev–Trinajstić information content (AvgIpc) is 2.94. The fraction of sp³-hybridized carbons (Fsp3) is 0.444. The number of aliphatic hydroxyl groups is 1. The molecule has 0 unspecified atom stereocenters. The van der Waals surface area contributed by atoms with E-state index < -0.39 is 16.1 Å². The van der Waals surface area contributed by atoms with Crippen molar-refractivity contribution in [1.82, 2.24) is 4.31 Å². The second kappa shape index (κ2) is 6.70. The summed E-state index contributed by atoms with van der Waals surface area (Å²) < 4.78 is 32.4. The van der Waals surface area contributed by atoms with Crippen LogP contribution >= 0.6 is 0 Å². The van der Waals surface area contributed by atoms with Crippen molar-refractivity contribution in [2.24, 2.45) is 5.92 Å². The van der Waals surface area contributed by atoms with Gasteiger partial charge < -0.3 is 9.52 Å². The van der Waals surface area contributed by atoms with Crippen molar-refractivity contribution in [2.45, 2.75) is 37.7 Å². The molecule has 2 aromatic rings. The van der Waals surface area contributed by atoms with Gasteiger partial charge in [-0.15, -0.1) is 0 Å². The maximum absolute atomic E-state index is 12.8. The monoisotopic (exact) mass is 349 g/mol. The fourth-order valence-electron chi connectivity index (χ4n) is 3.36. The number of piperidine rings is 1. The quantitative estimate of drug-likeness (QED) is 0.921. The van der Waals surface area contributed by atoms with Crippen LogP contribution in [0.15, 0.2) is 45.7 Å². The summed E-state index contributed by atoms with van der Waals surface area (Å²) >= 11 is 0. The van der Waals surface area contributed by atoms with Crippen molar-refractivity contribution in [3.8, 4) is 0 Å². The van der Waals surface area contributed by atoms with Crippen LogP contribution in [0.4, 0.5) is 0 Å². The molecule has 0 aliphatic carbocycles. The highest BCUT2D eigenvalue weighted by atomic mass is 32.2. The van der Waals surface area contributed by atoms with Crippen LogP contribution in [0.1, 0.15) is 36.0 Å². The molecule has 6 heteroatoms. The second-order valence-electron chi connectivity index (χ2n) is 6.37. The van der Waals surface area contributed by atoms with Gasteiger partial charge in [0.05, 0.1) is 6.10 Å². The largest absolute Gasteiger partial charge is 0.465 e. The zero-order valence-electron chi connectivity index (χ0n) is 14.0. The van der Waals surface area contributed by atoms with Crippen molar-refractivity contribution in [3.05, 3.63) is 53.5 Å². The molecular weight excluding hydrogens is 326 g/mol. The van der Waals surface area contributed by atoms with E-state index in [1.54, 1.807) is 19.9 Å². The van der Waals surface area contributed by atoms with Gasteiger partial charge in [0.1, 0.15) is 16.4 Å². The van der Waals surface area contributed by atoms with Gasteiger partial charge in [0.15, 0.2) is 0 Å². The van der Waals surface area contributed by atoms with Gasteiger partial charge in [-0.05, 0) is 44.2 Å². The van der Waals surface area contributed by atoms with Crippen LogP contribution in [0.25, 0.3) is 0 Å². The Bertz CT molecular complexity index is 790. The lowest BCUT2D eigenvalue weighted by Gasteiger charge is -2.33. The van der Waals surface area contributed by atoms with E-state index in [2.05, 4.69) is 0 Å². The van der Waals surface area contributed by atoms with Crippen LogP contribution in [0.3, 0.4) is 0 Å². The number of aliphatic hydroxyl groups excluding tert-OH is 1. The van der Waals surface area contributed by atoms with Crippen molar-refractivity contribution in [2.75, 3.05) is 13.1 Å². The highest BCUT2D eigenvalue weighted by Crippen LogP contribution is 2.33. The smallest absolute Gasteiger partial charge is 0.246 e. The van der Waals surface area contributed by atoms with Crippen LogP contribution in [-0.4, -0.2) is 30.9 Å². The van der Waals surface area contributed by atoms with E-state index in [1.165, 1.54) is 4.31 Å². The molecular formula is C18H23NO4S. The van der Waals surface area contributed by atoms with E-state index >= 15 is 0 Å². The molecule has 24 heavy (non-hydrogen) atoms. The van der Waals surface area contributed by atoms with Crippen LogP contribution in [0.2, 0.25) is 0 Å². The summed E-state index contributed by atoms with van der Waals surface area (Å²) in [6.07, 6.45) is 0.741. The molecule has 3 rings (SSSR count). The molecule has 2 heterocycles. The molecule has 1 aromatic carbocycles. The molecule has 0 bridgehead atoms. The molecule has 0 saturated carbocycles. The molecule has 1 aromatic heterocycles. The zero-order chi connectivity index (χ0) is 17.3. The average molecular weight is 349 g/mol. The summed E-state index contributed by atoms with van der Waals surface area (Å²) in [5, 5.41) is 10.5. The Kier molecular flexibility index (Phi) is 4.80. The highest BCUT2D eigenvalue weighted by Gasteiger charge is 2.34. The Morgan fingerprint density at radius 1 is 1.17 bits per heavy atom. The highest BCUT2D eigenvalue weighted by molar-refractivity contribution is 7.89. The molecule has 1 aliphatic heterocycles. The lowest BCUT2D eigenvalue weighted by Crippen LogP contribution is -2.39. The van der Waals surface area contributed by atoms with E-state index in [9.17, 15) is 13.5 Å². The van der Waals surface area contributed by atoms with Crippen molar-refractivity contribution >= 4 is 10.0 Å². The predicted octanol–water partition coefficient (Wildman–Crippen LogP) is 3.03. The second-order valence-corrected chi connectivity index (χ2v) is 8.28. The minimum atomic E-state index is -3.53. The Labute approximate surface area is 143 Å². The van der Waals surface area contributed by atoms with Gasteiger partial charge in [0.2, 0.25) is 10.0 Å². The maximum Gasteiger partial charge on any atom is 0.246 e. The van der Waals surface area contributed by atoms with Gasteiger partial charge in [-0.25, -0.2) is 8.42 Å². The summed E-state index contributed by atoms with van der Waals surface area (Å²) in [4.78, 5) is 0.252. The number of rotatable bonds is 4. The number of aryl methyl sites for hydroxylation is 2. The molecule has 1 aliphatic rings. The number of sulfonamides is 1. The number of nitrogens with zero attached hydrogens (tertiary/aromatic N) is 1. The van der Waals surface area contributed by atoms with Gasteiger partial charge in [-0.2, -0.15) is 4.31 Å². The first kappa shape index (κ1) is 17.2. The topological polar surface area (TPSA) is 70.8 Å². The van der Waals surface area contributed by atoms with E-state index in [-0.39, 0.29) is 10.8 Å². The number of benzene rings is 1. The number of hydrogen-bond acceptors (Lipinski definition) is 4. The summed E-state index contributed by atoms with van der Waals surface area (Å²) in [6.45, 7) is 4.25. The van der Waals surface area contributed by atoms with Gasteiger partial charge in [-0.1, -0.05) is 30.3 Å². The summed E-state index contributed by atoms with van der Waals surface area (Å²) in [7, 11) is -3.53. The molecule has 1 N–H and O–H groups in total. The first-order chi connectivity index (χ1) is 11.4. The van der Waals surface area contributed by atoms with E-state index in [0.717, 1.165) is 5.56 Å². The van der Waals surface area contributed by atoms with Crippen LogP contribution in [0, 0.1) is 19.8 Å². The molecule has 1 saturated heterocycles. The Morgan fingerprint density at radius 3 is 2.33 bits per heavy atom. The minimum absolute atomic E-state index is 0.0750. The Morgan fingerprint density at radius 2 is 1.79 bits per heavy atom. The summed E-state index contributed by atoms with van der Waals surface area (Å²) in [6, 6.07) is 11.1. The zero-order valence-corrected chi connectivity index (χ0v) is 14.8. The third kappa shape index (κ3) is 3.27. The van der Waals surface area contributed by atoms with Gasteiger partial charge in [0, 0.05) is 13.1 Å². The molecule has 5 nitrogen and oxygen atoms in total. The fourth-order valence-corrected chi connectivity index (χ4v) is 5.05. The molecule has 130 valence electrons. The van der Waals surface area contributed by atoms with Crippen molar-refractivity contribution in [1.29, 1.82) is 0 Å². The van der Waals surface area contributed by atoms with Crippen molar-refractivity contribution < 1.29 is 17.9 Å². The minimum Gasteiger partial charge on any atom is -0.465 e. The molecule has 0 spiro atoms. The standard InChI is InChI=1S/C18H23NO4S/c1-13-12-17(14(2)23-13)24(21,22)19-10-8-16(9-11-19)18(20)15-6-4-3-5-7-15/h3-7,12,16,18,20H,8-11H2,1-2H3/t18-/m1/s1. The Balaban J connectivity index is 1.70. The van der Waals surface area contributed by atoms with Gasteiger partial charge >= 0.3 is 0 Å². The van der Waals surface area contributed by atoms with E-state index in [1.807, 2.05) is 30.3 Å². The van der Waals surface area contributed by atoms with Gasteiger partial charge in [-0.3, -0.25) is 0 Å². The normalized spacial score (nSPS) is 18.6. The number of furan rings is 1. The third-order valence-electron chi connectivity index (χ3n) is 4.70. The van der Waals surface area contributed by atoms with E-state index in [0.29, 0.717) is 37.5 Å². The number of hydrogen-bond donors (Lipinski definition) is 1. The lowest BCUT2D eigenvalue weighted by molar-refractivity contribution is 0.0760. The summed E-state index contributed by atoms with van der Waals surface area (Å²) in [5.74, 6) is 1.10. The molecule has 1 atom stereocenters. The maximum atomic E-state index is 12.8. The third-order valence-corrected chi connectivity index (χ3v) is 6.71. The molecule has 0 radical (unpaired) electrons. The van der Waals surface area contributed by atoms with Crippen LogP contribution < -0.4 is 0 Å². The SMILES string of the molecule is Cc1cc(S(=O)(=O)N2CCC([C@H](O)c3ccccc3)CC2)c(C)o1. The predicted molar refractivity (Wildman–Crippen MR) is 91.1 cm³/mol.